The van der Waals surface area contributed by atoms with Crippen LogP contribution in [0, 0.1) is 0 Å². The highest BCUT2D eigenvalue weighted by atomic mass is 16.6. The molecule has 1 heterocycles. The molecule has 5 nitrogen and oxygen atoms in total. The minimum absolute atomic E-state index is 0.506. The monoisotopic (exact) mass is 260 g/mol. The molecule has 0 atom stereocenters. The molecule has 1 N–H and O–H groups in total. The molecule has 0 radical (unpaired) electrons. The first-order chi connectivity index (χ1) is 8.87. The molecule has 2 rings (SSSR count). The zero-order chi connectivity index (χ0) is 14.0. The van der Waals surface area contributed by atoms with Crippen molar-refractivity contribution in [2.75, 3.05) is 0 Å². The fourth-order valence-electron chi connectivity index (χ4n) is 1.61. The minimum atomic E-state index is -0.684. The number of imidazole rings is 1. The molecule has 0 unspecified atom stereocenters. The molecule has 0 amide bonds. The van der Waals surface area contributed by atoms with Crippen LogP contribution in [0.25, 0.3) is 11.3 Å². The summed E-state index contributed by atoms with van der Waals surface area (Å²) in [5, 5.41) is 0. The van der Waals surface area contributed by atoms with Crippen molar-refractivity contribution < 1.29 is 9.53 Å². The van der Waals surface area contributed by atoms with Gasteiger partial charge in [-0.25, -0.2) is 14.2 Å². The topological polar surface area (TPSA) is 64.1 Å². The normalized spacial score (nSPS) is 11.3. The SMILES string of the molecule is CC(C)(C)OC(=O)n1cc(-c2ccccc2)[nH]c1=O. The van der Waals surface area contributed by atoms with Gasteiger partial charge in [0.15, 0.2) is 0 Å². The Morgan fingerprint density at radius 2 is 1.84 bits per heavy atom. The lowest BCUT2D eigenvalue weighted by Crippen LogP contribution is -2.31. The van der Waals surface area contributed by atoms with Crippen LogP contribution >= 0.6 is 0 Å². The number of H-pyrrole nitrogens is 1. The third-order valence-electron chi connectivity index (χ3n) is 2.39. The first-order valence-electron chi connectivity index (χ1n) is 5.97. The number of nitrogens with one attached hydrogen (secondary N) is 1. The standard InChI is InChI=1S/C14H16N2O3/c1-14(2,3)19-13(18)16-9-11(15-12(16)17)10-7-5-4-6-8-10/h4-9H,1-3H3,(H,15,17). The highest BCUT2D eigenvalue weighted by Gasteiger charge is 2.20. The molecule has 0 aliphatic heterocycles. The van der Waals surface area contributed by atoms with E-state index >= 15 is 0 Å². The Bertz CT molecular complexity index is 633. The zero-order valence-corrected chi connectivity index (χ0v) is 11.1. The van der Waals surface area contributed by atoms with Gasteiger partial charge in [-0.2, -0.15) is 0 Å². The van der Waals surface area contributed by atoms with Gasteiger partial charge in [0.25, 0.3) is 0 Å². The summed E-state index contributed by atoms with van der Waals surface area (Å²) in [6.45, 7) is 5.25. The lowest BCUT2D eigenvalue weighted by atomic mass is 10.2. The van der Waals surface area contributed by atoms with Crippen LogP contribution in [-0.2, 0) is 4.74 Å². The number of nitrogens with zero attached hydrogens (tertiary/aromatic N) is 1. The van der Waals surface area contributed by atoms with Crippen molar-refractivity contribution in [2.24, 2.45) is 0 Å². The third kappa shape index (κ3) is 3.13. The molecule has 0 fully saturated rings. The number of hydrogen-bond acceptors (Lipinski definition) is 3. The van der Waals surface area contributed by atoms with Gasteiger partial charge in [-0.05, 0) is 26.3 Å². The van der Waals surface area contributed by atoms with E-state index in [2.05, 4.69) is 4.98 Å². The molecule has 0 aliphatic carbocycles. The Kier molecular flexibility index (Phi) is 3.29. The Balaban J connectivity index is 2.33. The zero-order valence-electron chi connectivity index (χ0n) is 11.1. The molecule has 1 aromatic carbocycles. The molecular weight excluding hydrogens is 244 g/mol. The van der Waals surface area contributed by atoms with E-state index in [1.54, 1.807) is 20.8 Å². The van der Waals surface area contributed by atoms with E-state index in [-0.39, 0.29) is 0 Å². The van der Waals surface area contributed by atoms with Crippen LogP contribution in [0.1, 0.15) is 20.8 Å². The Labute approximate surface area is 110 Å². The number of carbonyl (C=O) groups is 1. The average molecular weight is 260 g/mol. The van der Waals surface area contributed by atoms with E-state index in [4.69, 9.17) is 4.74 Å². The van der Waals surface area contributed by atoms with Crippen molar-refractivity contribution >= 4 is 6.09 Å². The Hall–Kier alpha value is -2.30. The van der Waals surface area contributed by atoms with E-state index in [9.17, 15) is 9.59 Å². The average Bonchev–Trinajstić information content (AvgIpc) is 2.70. The summed E-state index contributed by atoms with van der Waals surface area (Å²) in [7, 11) is 0. The molecule has 0 aliphatic rings. The first kappa shape index (κ1) is 13.1. The maximum Gasteiger partial charge on any atom is 0.422 e. The van der Waals surface area contributed by atoms with Gasteiger partial charge in [0, 0.05) is 6.20 Å². The van der Waals surface area contributed by atoms with Crippen molar-refractivity contribution in [3.63, 3.8) is 0 Å². The van der Waals surface area contributed by atoms with Crippen LogP contribution in [0.3, 0.4) is 0 Å². The molecule has 100 valence electrons. The Morgan fingerprint density at radius 1 is 1.21 bits per heavy atom. The van der Waals surface area contributed by atoms with Gasteiger partial charge in [0.05, 0.1) is 5.69 Å². The van der Waals surface area contributed by atoms with Crippen molar-refractivity contribution in [1.29, 1.82) is 0 Å². The van der Waals surface area contributed by atoms with Gasteiger partial charge >= 0.3 is 11.8 Å². The molecular formula is C14H16N2O3. The Morgan fingerprint density at radius 3 is 2.42 bits per heavy atom. The molecule has 1 aromatic heterocycles. The summed E-state index contributed by atoms with van der Waals surface area (Å²) in [6.07, 6.45) is 0.766. The van der Waals surface area contributed by atoms with Gasteiger partial charge in [0.2, 0.25) is 0 Å². The number of aromatic nitrogens is 2. The van der Waals surface area contributed by atoms with Gasteiger partial charge < -0.3 is 9.72 Å². The molecule has 5 heteroatoms. The summed E-state index contributed by atoms with van der Waals surface area (Å²) >= 11 is 0. The van der Waals surface area contributed by atoms with Crippen molar-refractivity contribution in [3.05, 3.63) is 47.0 Å². The van der Waals surface area contributed by atoms with Crippen LogP contribution in [0.4, 0.5) is 4.79 Å². The fraction of sp³-hybridized carbons (Fsp3) is 0.286. The lowest BCUT2D eigenvalue weighted by Gasteiger charge is -2.18. The van der Waals surface area contributed by atoms with E-state index in [1.807, 2.05) is 30.3 Å². The van der Waals surface area contributed by atoms with Crippen molar-refractivity contribution in [3.8, 4) is 11.3 Å². The largest absolute Gasteiger partial charge is 0.443 e. The highest BCUT2D eigenvalue weighted by molar-refractivity contribution is 5.72. The van der Waals surface area contributed by atoms with E-state index in [1.165, 1.54) is 6.20 Å². The second-order valence-electron chi connectivity index (χ2n) is 5.19. The summed E-state index contributed by atoms with van der Waals surface area (Å²) in [5.74, 6) is 0. The molecule has 0 saturated carbocycles. The predicted octanol–water partition coefficient (Wildman–Crippen LogP) is 2.63. The van der Waals surface area contributed by atoms with Crippen LogP contribution < -0.4 is 5.69 Å². The first-order valence-corrected chi connectivity index (χ1v) is 5.97. The number of ether oxygens (including phenoxy) is 1. The van der Waals surface area contributed by atoms with Crippen molar-refractivity contribution in [2.45, 2.75) is 26.4 Å². The van der Waals surface area contributed by atoms with Gasteiger partial charge in [0.1, 0.15) is 5.60 Å². The van der Waals surface area contributed by atoms with Gasteiger partial charge in [-0.15, -0.1) is 0 Å². The predicted molar refractivity (Wildman–Crippen MR) is 72.1 cm³/mol. The lowest BCUT2D eigenvalue weighted by molar-refractivity contribution is 0.0531. The quantitative estimate of drug-likeness (QED) is 0.857. The number of aromatic amines is 1. The summed E-state index contributed by atoms with van der Waals surface area (Å²) in [4.78, 5) is 26.2. The van der Waals surface area contributed by atoms with Crippen LogP contribution in [0.5, 0.6) is 0 Å². The minimum Gasteiger partial charge on any atom is -0.443 e. The maximum absolute atomic E-state index is 11.8. The summed E-state index contributed by atoms with van der Waals surface area (Å²) < 4.78 is 6.10. The second-order valence-corrected chi connectivity index (χ2v) is 5.19. The number of benzene rings is 1. The fourth-order valence-corrected chi connectivity index (χ4v) is 1.61. The van der Waals surface area contributed by atoms with Gasteiger partial charge in [-0.3, -0.25) is 0 Å². The molecule has 2 aromatic rings. The molecule has 0 bridgehead atoms. The van der Waals surface area contributed by atoms with E-state index < -0.39 is 17.4 Å². The molecule has 19 heavy (non-hydrogen) atoms. The van der Waals surface area contributed by atoms with Gasteiger partial charge in [-0.1, -0.05) is 30.3 Å². The molecule has 0 saturated heterocycles. The summed E-state index contributed by atoms with van der Waals surface area (Å²) in [5.41, 5.74) is 0.271. The number of carbonyl (C=O) groups excluding carboxylic acids is 1. The van der Waals surface area contributed by atoms with E-state index in [0.29, 0.717) is 5.69 Å². The number of rotatable bonds is 1. The smallest absolute Gasteiger partial charge is 0.422 e. The van der Waals surface area contributed by atoms with Crippen LogP contribution in [0.2, 0.25) is 0 Å². The van der Waals surface area contributed by atoms with Crippen LogP contribution in [-0.4, -0.2) is 21.2 Å². The molecule has 0 spiro atoms. The number of hydrogen-bond donors (Lipinski definition) is 1. The van der Waals surface area contributed by atoms with E-state index in [0.717, 1.165) is 10.1 Å². The second kappa shape index (κ2) is 4.76. The third-order valence-corrected chi connectivity index (χ3v) is 2.39. The highest BCUT2D eigenvalue weighted by Crippen LogP contribution is 2.15. The maximum atomic E-state index is 11.8. The van der Waals surface area contributed by atoms with Crippen molar-refractivity contribution in [1.82, 2.24) is 9.55 Å². The van der Waals surface area contributed by atoms with Crippen LogP contribution in [0.15, 0.2) is 41.3 Å². The summed E-state index contributed by atoms with van der Waals surface area (Å²) in [6, 6.07) is 9.30.